The Kier molecular flexibility index (Phi) is 10.7. The molecule has 2 amide bonds. The SMILES string of the molecule is COc1cc2c(Oc3ccc(NC(=O)NCCC(C)C)cc3)ccnc2cc1OCCCCN1CCCCC1. The van der Waals surface area contributed by atoms with Crippen molar-refractivity contribution >= 4 is 22.6 Å². The van der Waals surface area contributed by atoms with Crippen molar-refractivity contribution in [2.75, 3.05) is 45.2 Å². The molecule has 0 spiro atoms. The Bertz CT molecular complexity index is 1190. The van der Waals surface area contributed by atoms with E-state index in [1.807, 2.05) is 42.5 Å². The van der Waals surface area contributed by atoms with Gasteiger partial charge in [-0.1, -0.05) is 20.3 Å². The zero-order valence-corrected chi connectivity index (χ0v) is 23.5. The number of piperidine rings is 1. The Morgan fingerprint density at radius 2 is 1.79 bits per heavy atom. The van der Waals surface area contributed by atoms with E-state index in [1.165, 1.54) is 32.4 Å². The van der Waals surface area contributed by atoms with Gasteiger partial charge < -0.3 is 29.7 Å². The van der Waals surface area contributed by atoms with Crippen LogP contribution < -0.4 is 24.8 Å². The fraction of sp³-hybridized carbons (Fsp3) is 0.484. The van der Waals surface area contributed by atoms with Gasteiger partial charge in [0.1, 0.15) is 11.5 Å². The molecule has 210 valence electrons. The molecule has 0 radical (unpaired) electrons. The van der Waals surface area contributed by atoms with Crippen molar-refractivity contribution in [3.8, 4) is 23.0 Å². The molecule has 39 heavy (non-hydrogen) atoms. The second kappa shape index (κ2) is 14.6. The van der Waals surface area contributed by atoms with Crippen molar-refractivity contribution in [2.24, 2.45) is 5.92 Å². The Morgan fingerprint density at radius 3 is 2.54 bits per heavy atom. The lowest BCUT2D eigenvalue weighted by Gasteiger charge is -2.26. The molecule has 0 atom stereocenters. The third-order valence-electron chi connectivity index (χ3n) is 6.91. The number of amides is 2. The summed E-state index contributed by atoms with van der Waals surface area (Å²) in [6.07, 6.45) is 8.81. The number of carbonyl (C=O) groups excluding carboxylic acids is 1. The molecule has 2 N–H and O–H groups in total. The molecule has 1 aliphatic rings. The minimum Gasteiger partial charge on any atom is -0.493 e. The van der Waals surface area contributed by atoms with Crippen molar-refractivity contribution in [1.82, 2.24) is 15.2 Å². The number of unbranched alkanes of at least 4 members (excludes halogenated alkanes) is 1. The molecule has 8 heteroatoms. The second-order valence-electron chi connectivity index (χ2n) is 10.5. The van der Waals surface area contributed by atoms with Gasteiger partial charge in [0.2, 0.25) is 0 Å². The maximum Gasteiger partial charge on any atom is 0.319 e. The first-order valence-corrected chi connectivity index (χ1v) is 14.2. The van der Waals surface area contributed by atoms with Gasteiger partial charge in [0, 0.05) is 29.9 Å². The van der Waals surface area contributed by atoms with Crippen molar-refractivity contribution in [2.45, 2.75) is 52.4 Å². The maximum atomic E-state index is 12.1. The zero-order chi connectivity index (χ0) is 27.5. The van der Waals surface area contributed by atoms with Crippen molar-refractivity contribution in [1.29, 1.82) is 0 Å². The Labute approximate surface area is 232 Å². The number of aromatic nitrogens is 1. The van der Waals surface area contributed by atoms with E-state index in [0.717, 1.165) is 36.7 Å². The maximum absolute atomic E-state index is 12.1. The molecule has 0 aliphatic carbocycles. The Morgan fingerprint density at radius 1 is 1.00 bits per heavy atom. The smallest absolute Gasteiger partial charge is 0.319 e. The van der Waals surface area contributed by atoms with E-state index in [0.29, 0.717) is 47.8 Å². The molecule has 1 saturated heterocycles. The summed E-state index contributed by atoms with van der Waals surface area (Å²) in [5.41, 5.74) is 1.47. The van der Waals surface area contributed by atoms with Crippen molar-refractivity contribution in [3.63, 3.8) is 0 Å². The van der Waals surface area contributed by atoms with Crippen LogP contribution in [-0.4, -0.2) is 55.8 Å². The highest BCUT2D eigenvalue weighted by molar-refractivity contribution is 5.89. The van der Waals surface area contributed by atoms with Gasteiger partial charge in [0.25, 0.3) is 0 Å². The summed E-state index contributed by atoms with van der Waals surface area (Å²) in [7, 11) is 1.64. The number of pyridine rings is 1. The summed E-state index contributed by atoms with van der Waals surface area (Å²) in [4.78, 5) is 19.2. The van der Waals surface area contributed by atoms with E-state index in [-0.39, 0.29) is 6.03 Å². The standard InChI is InChI=1S/C31H42N4O4/c1-23(2)13-15-33-31(36)34-24-9-11-25(12-10-24)39-28-14-16-32-27-22-30(29(37-3)21-26(27)28)38-20-8-7-19-35-17-5-4-6-18-35/h9-12,14,16,21-23H,4-8,13,15,17-20H2,1-3H3,(H2,33,34,36). The predicted octanol–water partition coefficient (Wildman–Crippen LogP) is 6.85. The van der Waals surface area contributed by atoms with Gasteiger partial charge in [0.05, 0.1) is 19.2 Å². The minimum absolute atomic E-state index is 0.212. The lowest BCUT2D eigenvalue weighted by Crippen LogP contribution is -2.30. The lowest BCUT2D eigenvalue weighted by atomic mass is 10.1. The highest BCUT2D eigenvalue weighted by Crippen LogP contribution is 2.37. The van der Waals surface area contributed by atoms with E-state index in [9.17, 15) is 4.79 Å². The van der Waals surface area contributed by atoms with E-state index >= 15 is 0 Å². The van der Waals surface area contributed by atoms with Crippen LogP contribution >= 0.6 is 0 Å². The van der Waals surface area contributed by atoms with Crippen LogP contribution in [0.5, 0.6) is 23.0 Å². The van der Waals surface area contributed by atoms with Crippen LogP contribution in [0, 0.1) is 5.92 Å². The number of anilines is 1. The van der Waals surface area contributed by atoms with E-state index < -0.39 is 0 Å². The average Bonchev–Trinajstić information content (AvgIpc) is 2.94. The fourth-order valence-electron chi connectivity index (χ4n) is 4.68. The number of nitrogens with one attached hydrogen (secondary N) is 2. The minimum atomic E-state index is -0.212. The van der Waals surface area contributed by atoms with Crippen LogP contribution in [0.4, 0.5) is 10.5 Å². The number of carbonyl (C=O) groups is 1. The number of hydrogen-bond acceptors (Lipinski definition) is 6. The second-order valence-corrected chi connectivity index (χ2v) is 10.5. The molecule has 0 bridgehead atoms. The molecule has 1 fully saturated rings. The highest BCUT2D eigenvalue weighted by atomic mass is 16.5. The van der Waals surface area contributed by atoms with Crippen molar-refractivity contribution < 1.29 is 19.0 Å². The topological polar surface area (TPSA) is 85.0 Å². The number of hydrogen-bond donors (Lipinski definition) is 2. The zero-order valence-electron chi connectivity index (χ0n) is 23.5. The normalized spacial score (nSPS) is 13.8. The number of ether oxygens (including phenoxy) is 3. The van der Waals surface area contributed by atoms with Gasteiger partial charge in [-0.15, -0.1) is 0 Å². The molecular formula is C31H42N4O4. The van der Waals surface area contributed by atoms with Crippen LogP contribution in [0.1, 0.15) is 52.4 Å². The summed E-state index contributed by atoms with van der Waals surface area (Å²) in [5, 5.41) is 6.55. The van der Waals surface area contributed by atoms with Crippen LogP contribution in [-0.2, 0) is 0 Å². The number of fused-ring (bicyclic) bond motifs is 1. The molecule has 2 heterocycles. The third kappa shape index (κ3) is 8.75. The molecule has 4 rings (SSSR count). The van der Waals surface area contributed by atoms with Gasteiger partial charge in [-0.25, -0.2) is 4.79 Å². The molecule has 8 nitrogen and oxygen atoms in total. The van der Waals surface area contributed by atoms with E-state index in [4.69, 9.17) is 14.2 Å². The quantitative estimate of drug-likeness (QED) is 0.233. The predicted molar refractivity (Wildman–Crippen MR) is 156 cm³/mol. The molecule has 1 aliphatic heterocycles. The van der Waals surface area contributed by atoms with Crippen LogP contribution in [0.2, 0.25) is 0 Å². The van der Waals surface area contributed by atoms with E-state index in [1.54, 1.807) is 13.3 Å². The van der Waals surface area contributed by atoms with Crippen LogP contribution in [0.15, 0.2) is 48.7 Å². The van der Waals surface area contributed by atoms with Gasteiger partial charge in [-0.3, -0.25) is 4.98 Å². The average molecular weight is 535 g/mol. The fourth-order valence-corrected chi connectivity index (χ4v) is 4.68. The lowest BCUT2D eigenvalue weighted by molar-refractivity contribution is 0.214. The largest absolute Gasteiger partial charge is 0.493 e. The molecule has 0 saturated carbocycles. The molecular weight excluding hydrogens is 492 g/mol. The Balaban J connectivity index is 1.34. The van der Waals surface area contributed by atoms with Gasteiger partial charge in [-0.2, -0.15) is 0 Å². The first kappa shape index (κ1) is 28.5. The first-order valence-electron chi connectivity index (χ1n) is 14.2. The summed E-state index contributed by atoms with van der Waals surface area (Å²) in [5.74, 6) is 3.21. The summed E-state index contributed by atoms with van der Waals surface area (Å²) < 4.78 is 17.9. The van der Waals surface area contributed by atoms with Gasteiger partial charge in [0.15, 0.2) is 11.5 Å². The number of methoxy groups -OCH3 is 1. The van der Waals surface area contributed by atoms with Crippen LogP contribution in [0.3, 0.4) is 0 Å². The summed E-state index contributed by atoms with van der Waals surface area (Å²) in [6, 6.07) is 12.7. The molecule has 2 aromatic carbocycles. The van der Waals surface area contributed by atoms with Gasteiger partial charge >= 0.3 is 6.03 Å². The van der Waals surface area contributed by atoms with Crippen LogP contribution in [0.25, 0.3) is 10.9 Å². The number of rotatable bonds is 13. The summed E-state index contributed by atoms with van der Waals surface area (Å²) >= 11 is 0. The monoisotopic (exact) mass is 534 g/mol. The van der Waals surface area contributed by atoms with Gasteiger partial charge in [-0.05, 0) is 94.1 Å². The third-order valence-corrected chi connectivity index (χ3v) is 6.91. The molecule has 0 unspecified atom stereocenters. The molecule has 3 aromatic rings. The van der Waals surface area contributed by atoms with E-state index in [2.05, 4.69) is 34.4 Å². The number of nitrogens with zero attached hydrogens (tertiary/aromatic N) is 2. The number of likely N-dealkylation sites (tertiary alicyclic amines) is 1. The molecule has 1 aromatic heterocycles. The number of urea groups is 1. The highest BCUT2D eigenvalue weighted by Gasteiger charge is 2.13. The summed E-state index contributed by atoms with van der Waals surface area (Å²) in [6.45, 7) is 9.15. The number of benzene rings is 2. The van der Waals surface area contributed by atoms with Crippen molar-refractivity contribution in [3.05, 3.63) is 48.7 Å². The first-order chi connectivity index (χ1) is 19.0. The Hall–Kier alpha value is -3.52.